The van der Waals surface area contributed by atoms with Crippen LogP contribution in [0, 0.1) is 29.7 Å². The van der Waals surface area contributed by atoms with Crippen molar-refractivity contribution in [1.29, 1.82) is 10.5 Å². The molecule has 220 valence electrons. The van der Waals surface area contributed by atoms with Crippen LogP contribution in [0.4, 0.5) is 10.6 Å². The fourth-order valence-corrected chi connectivity index (χ4v) is 5.71. The molecule has 5 heterocycles. The molecule has 0 saturated carbocycles. The summed E-state index contributed by atoms with van der Waals surface area (Å²) in [4.78, 5) is 33.1. The van der Waals surface area contributed by atoms with E-state index < -0.39 is 11.5 Å². The number of benzene rings is 1. The van der Waals surface area contributed by atoms with Crippen LogP contribution < -0.4 is 10.5 Å². The zero-order chi connectivity index (χ0) is 31.2. The molecule has 0 radical (unpaired) electrons. The molecule has 1 amide bonds. The van der Waals surface area contributed by atoms with Crippen LogP contribution >= 0.6 is 0 Å². The summed E-state index contributed by atoms with van der Waals surface area (Å²) in [7, 11) is 1.84. The Kier molecular flexibility index (Phi) is 6.98. The predicted octanol–water partition coefficient (Wildman–Crippen LogP) is 4.27. The fourth-order valence-electron chi connectivity index (χ4n) is 5.71. The zero-order valence-corrected chi connectivity index (χ0v) is 24.9. The largest absolute Gasteiger partial charge is 0.465 e. The number of hydrogen-bond acceptors (Lipinski definition) is 8. The number of carbonyl (C=O) groups is 1. The minimum absolute atomic E-state index is 0.418. The molecule has 0 unspecified atom stereocenters. The predicted molar refractivity (Wildman–Crippen MR) is 165 cm³/mol. The highest BCUT2D eigenvalue weighted by Gasteiger charge is 2.24. The maximum Gasteiger partial charge on any atom is 0.407 e. The second-order valence-corrected chi connectivity index (χ2v) is 11.4. The van der Waals surface area contributed by atoms with Gasteiger partial charge < -0.3 is 19.5 Å². The maximum atomic E-state index is 11.3. The average molecular weight is 587 g/mol. The number of fused-ring (bicyclic) bond motifs is 3. The van der Waals surface area contributed by atoms with E-state index in [0.29, 0.717) is 43.2 Å². The number of nitrogens with zero attached hydrogens (tertiary/aromatic N) is 10. The molecule has 12 heteroatoms. The van der Waals surface area contributed by atoms with E-state index in [4.69, 9.17) is 9.97 Å². The summed E-state index contributed by atoms with van der Waals surface area (Å²) >= 11 is 0. The monoisotopic (exact) mass is 586 g/mol. The number of piperazine rings is 1. The van der Waals surface area contributed by atoms with Gasteiger partial charge in [-0.1, -0.05) is 6.07 Å². The molecule has 1 aromatic carbocycles. The molecule has 0 bridgehead atoms. The number of carboxylic acid groups (broad SMARTS) is 1. The van der Waals surface area contributed by atoms with E-state index in [-0.39, 0.29) is 0 Å². The Labute approximate surface area is 253 Å². The molecule has 44 heavy (non-hydrogen) atoms. The van der Waals surface area contributed by atoms with Crippen LogP contribution in [0.1, 0.15) is 25.1 Å². The van der Waals surface area contributed by atoms with Crippen molar-refractivity contribution in [2.45, 2.75) is 26.2 Å². The molecule has 1 N–H and O–H groups in total. The quantitative estimate of drug-likeness (QED) is 0.307. The van der Waals surface area contributed by atoms with Gasteiger partial charge in [0, 0.05) is 50.4 Å². The molecule has 1 saturated heterocycles. The van der Waals surface area contributed by atoms with Crippen LogP contribution in [0.25, 0.3) is 38.8 Å². The molecule has 0 aliphatic carbocycles. The first kappa shape index (κ1) is 28.4. The average Bonchev–Trinajstić information content (AvgIpc) is 3.32. The van der Waals surface area contributed by atoms with Crippen LogP contribution in [0.15, 0.2) is 60.0 Å². The number of aromatic nitrogens is 5. The van der Waals surface area contributed by atoms with Gasteiger partial charge in [0.2, 0.25) is 11.8 Å². The Balaban J connectivity index is 1.47. The summed E-state index contributed by atoms with van der Waals surface area (Å²) < 4.78 is 3.72. The third-order valence-electron chi connectivity index (χ3n) is 8.21. The summed E-state index contributed by atoms with van der Waals surface area (Å²) in [6.45, 7) is 7.72. The molecular weight excluding hydrogens is 556 g/mol. The molecule has 5 aromatic rings. The van der Waals surface area contributed by atoms with E-state index >= 15 is 0 Å². The van der Waals surface area contributed by atoms with Crippen molar-refractivity contribution < 1.29 is 9.90 Å². The van der Waals surface area contributed by atoms with Crippen molar-refractivity contribution in [1.82, 2.24) is 29.0 Å². The lowest BCUT2D eigenvalue weighted by atomic mass is 9.91. The second-order valence-electron chi connectivity index (χ2n) is 11.4. The molecule has 0 atom stereocenters. The summed E-state index contributed by atoms with van der Waals surface area (Å²) in [6.07, 6.45) is 6.35. The van der Waals surface area contributed by atoms with Crippen molar-refractivity contribution in [3.05, 3.63) is 71.9 Å². The van der Waals surface area contributed by atoms with Crippen LogP contribution in [0.2, 0.25) is 0 Å². The summed E-state index contributed by atoms with van der Waals surface area (Å²) in [6, 6.07) is 14.1. The van der Waals surface area contributed by atoms with Gasteiger partial charge in [0.25, 0.3) is 0 Å². The third kappa shape index (κ3) is 4.76. The first-order valence-corrected chi connectivity index (χ1v) is 14.1. The third-order valence-corrected chi connectivity index (χ3v) is 8.21. The van der Waals surface area contributed by atoms with E-state index in [2.05, 4.69) is 33.1 Å². The van der Waals surface area contributed by atoms with Crippen LogP contribution in [0.5, 0.6) is 0 Å². The normalized spacial score (nSPS) is 14.2. The highest BCUT2D eigenvalue weighted by Crippen LogP contribution is 2.32. The van der Waals surface area contributed by atoms with E-state index in [1.807, 2.05) is 73.6 Å². The highest BCUT2D eigenvalue weighted by atomic mass is 16.4. The smallest absolute Gasteiger partial charge is 0.407 e. The van der Waals surface area contributed by atoms with E-state index in [1.54, 1.807) is 12.4 Å². The van der Waals surface area contributed by atoms with Crippen molar-refractivity contribution in [3.63, 3.8) is 0 Å². The summed E-state index contributed by atoms with van der Waals surface area (Å²) in [5.74, 6) is 0.850. The molecule has 1 aliphatic heterocycles. The molecule has 1 aliphatic rings. The molecule has 12 nitrogen and oxygen atoms in total. The van der Waals surface area contributed by atoms with Gasteiger partial charge in [-0.3, -0.25) is 14.5 Å². The molecule has 6 rings (SSSR count). The Morgan fingerprint density at radius 1 is 0.977 bits per heavy atom. The molecular formula is C32H30N10O2. The minimum atomic E-state index is -0.894. The number of anilines is 1. The number of pyridine rings is 3. The number of rotatable bonds is 4. The van der Waals surface area contributed by atoms with E-state index in [9.17, 15) is 20.4 Å². The number of aryl methyl sites for hydroxylation is 2. The van der Waals surface area contributed by atoms with Gasteiger partial charge in [-0.2, -0.15) is 10.5 Å². The lowest BCUT2D eigenvalue weighted by Gasteiger charge is -2.34. The van der Waals surface area contributed by atoms with E-state index in [1.165, 1.54) is 4.90 Å². The van der Waals surface area contributed by atoms with Crippen molar-refractivity contribution in [2.75, 3.05) is 31.1 Å². The minimum Gasteiger partial charge on any atom is -0.465 e. The van der Waals surface area contributed by atoms with E-state index in [0.717, 1.165) is 44.4 Å². The van der Waals surface area contributed by atoms with Crippen LogP contribution in [0.3, 0.4) is 0 Å². The molecule has 1 fully saturated rings. The maximum absolute atomic E-state index is 11.3. The SMILES string of the molecule is Cc1cc(-c2ccc3ncc4c(c3c2)n(-c2ccc(C(C)(C)C#N)nc2)/c(=N\C#N)n4C)cnc1N1CCN(C(=O)O)CC1. The number of imidazole rings is 1. The fraction of sp³-hybridized carbons (Fsp3) is 0.281. The van der Waals surface area contributed by atoms with Gasteiger partial charge in [-0.05, 0) is 62.2 Å². The van der Waals surface area contributed by atoms with Gasteiger partial charge in [0.05, 0.1) is 51.8 Å². The Hall–Kier alpha value is -5.75. The van der Waals surface area contributed by atoms with Crippen LogP contribution in [-0.4, -0.2) is 66.4 Å². The second kappa shape index (κ2) is 10.8. The molecule has 4 aromatic heterocycles. The Morgan fingerprint density at radius 2 is 1.75 bits per heavy atom. The Morgan fingerprint density at radius 3 is 2.39 bits per heavy atom. The van der Waals surface area contributed by atoms with Crippen LogP contribution in [-0.2, 0) is 12.5 Å². The number of nitriles is 2. The van der Waals surface area contributed by atoms with Gasteiger partial charge in [-0.25, -0.2) is 9.78 Å². The van der Waals surface area contributed by atoms with Gasteiger partial charge in [0.15, 0.2) is 0 Å². The number of hydrogen-bond donors (Lipinski definition) is 1. The lowest BCUT2D eigenvalue weighted by Crippen LogP contribution is -2.48. The first-order chi connectivity index (χ1) is 21.1. The summed E-state index contributed by atoms with van der Waals surface area (Å²) in [5, 5.41) is 29.3. The van der Waals surface area contributed by atoms with Gasteiger partial charge in [0.1, 0.15) is 5.82 Å². The van der Waals surface area contributed by atoms with Crippen molar-refractivity contribution in [2.24, 2.45) is 12.0 Å². The topological polar surface area (TPSA) is 152 Å². The first-order valence-electron chi connectivity index (χ1n) is 14.1. The van der Waals surface area contributed by atoms with Gasteiger partial charge >= 0.3 is 6.09 Å². The number of amides is 1. The Bertz CT molecular complexity index is 2090. The van der Waals surface area contributed by atoms with Crippen molar-refractivity contribution in [3.8, 4) is 29.1 Å². The zero-order valence-electron chi connectivity index (χ0n) is 24.9. The van der Waals surface area contributed by atoms with Crippen molar-refractivity contribution >= 4 is 33.8 Å². The molecule has 0 spiro atoms. The highest BCUT2D eigenvalue weighted by molar-refractivity contribution is 6.04. The van der Waals surface area contributed by atoms with Gasteiger partial charge in [-0.15, -0.1) is 4.99 Å². The lowest BCUT2D eigenvalue weighted by molar-refractivity contribution is 0.142. The standard InChI is InChI=1S/C32H30N10O2/c1-20-13-22(15-37-29(20)40-9-11-41(12-10-40)31(43)44)21-5-7-25-24(14-21)28-26(17-35-25)39(4)30(38-19-34)42(28)23-6-8-27(36-16-23)32(2,3)18-33/h5-8,13-17H,9-12H2,1-4H3,(H,43,44)/b38-30-. The summed E-state index contributed by atoms with van der Waals surface area (Å²) in [5.41, 5.74) is 6.28.